The zero-order chi connectivity index (χ0) is 26.5. The van der Waals surface area contributed by atoms with Crippen molar-refractivity contribution in [2.45, 2.75) is 32.6 Å². The van der Waals surface area contributed by atoms with E-state index >= 15 is 0 Å². The monoisotopic (exact) mass is 531 g/mol. The highest BCUT2D eigenvalue weighted by Crippen LogP contribution is 2.30. The highest BCUT2D eigenvalue weighted by Gasteiger charge is 2.36. The lowest BCUT2D eigenvalue weighted by Gasteiger charge is -2.20. The number of para-hydroxylation sites is 1. The maximum Gasteiger partial charge on any atom is 0.283 e. The molecule has 0 atom stereocenters. The van der Waals surface area contributed by atoms with Crippen molar-refractivity contribution in [3.05, 3.63) is 65.2 Å². The lowest BCUT2D eigenvalue weighted by Crippen LogP contribution is -2.35. The molecule has 10 heteroatoms. The first-order valence-corrected chi connectivity index (χ1v) is 13.5. The summed E-state index contributed by atoms with van der Waals surface area (Å²) in [7, 11) is 0. The van der Waals surface area contributed by atoms with Gasteiger partial charge < -0.3 is 14.4 Å². The Labute approximate surface area is 225 Å². The summed E-state index contributed by atoms with van der Waals surface area (Å²) < 4.78 is 11.6. The molecule has 1 N–H and O–H groups in total. The van der Waals surface area contributed by atoms with Crippen molar-refractivity contribution in [3.8, 4) is 11.5 Å². The molecule has 0 aliphatic carbocycles. The van der Waals surface area contributed by atoms with Gasteiger partial charge in [-0.05, 0) is 66.9 Å². The van der Waals surface area contributed by atoms with Gasteiger partial charge >= 0.3 is 0 Å². The number of thioether (sulfide) groups is 1. The molecule has 0 saturated carbocycles. The Morgan fingerprint density at radius 1 is 1.08 bits per heavy atom. The minimum absolute atomic E-state index is 0.0175. The van der Waals surface area contributed by atoms with E-state index in [1.54, 1.807) is 6.08 Å². The Morgan fingerprint density at radius 3 is 2.58 bits per heavy atom. The molecule has 196 valence electrons. The first-order chi connectivity index (χ1) is 18.5. The van der Waals surface area contributed by atoms with Gasteiger partial charge in [0.1, 0.15) is 16.5 Å². The third-order valence-electron chi connectivity index (χ3n) is 6.36. The molecular weight excluding hydrogens is 502 g/mol. The summed E-state index contributed by atoms with van der Waals surface area (Å²) in [6, 6.07) is 15.2. The molecule has 38 heavy (non-hydrogen) atoms. The number of ether oxygens (including phenoxy) is 2. The number of benzene rings is 2. The van der Waals surface area contributed by atoms with Crippen LogP contribution in [0.4, 0.5) is 0 Å². The number of carbonyl (C=O) groups is 2. The van der Waals surface area contributed by atoms with Gasteiger partial charge in [-0.2, -0.15) is 15.1 Å². The number of amidine groups is 2. The molecule has 0 spiro atoms. The second-order valence-electron chi connectivity index (χ2n) is 9.16. The van der Waals surface area contributed by atoms with Crippen molar-refractivity contribution >= 4 is 45.7 Å². The van der Waals surface area contributed by atoms with E-state index in [1.165, 1.54) is 16.8 Å². The quantitative estimate of drug-likeness (QED) is 0.378. The number of fused-ring (bicyclic) bond motifs is 1. The summed E-state index contributed by atoms with van der Waals surface area (Å²) in [5.41, 5.74) is 1.99. The predicted octanol–water partition coefficient (Wildman–Crippen LogP) is 4.47. The van der Waals surface area contributed by atoms with Crippen LogP contribution in [0.15, 0.2) is 64.2 Å². The third-order valence-corrected chi connectivity index (χ3v) is 7.27. The Balaban J connectivity index is 1.15. The third kappa shape index (κ3) is 5.96. The minimum atomic E-state index is -0.495. The van der Waals surface area contributed by atoms with Crippen LogP contribution in [0.5, 0.6) is 11.5 Å². The van der Waals surface area contributed by atoms with Gasteiger partial charge in [-0.1, -0.05) is 30.3 Å². The van der Waals surface area contributed by atoms with Crippen molar-refractivity contribution < 1.29 is 19.1 Å². The molecule has 5 rings (SSSR count). The second kappa shape index (κ2) is 11.6. The molecule has 0 unspecified atom stereocenters. The lowest BCUT2D eigenvalue weighted by atomic mass is 10.1. The van der Waals surface area contributed by atoms with Gasteiger partial charge in [0.25, 0.3) is 5.91 Å². The van der Waals surface area contributed by atoms with Gasteiger partial charge in [0.15, 0.2) is 5.84 Å². The Bertz CT molecular complexity index is 1330. The Kier molecular flexibility index (Phi) is 7.88. The van der Waals surface area contributed by atoms with Crippen LogP contribution in [-0.2, 0) is 9.59 Å². The van der Waals surface area contributed by atoms with Crippen molar-refractivity contribution in [2.24, 2.45) is 10.1 Å². The van der Waals surface area contributed by atoms with Gasteiger partial charge in [0, 0.05) is 19.5 Å². The molecule has 2 aromatic carbocycles. The molecule has 1 saturated heterocycles. The standard InChI is InChI=1S/C28H29N5O4S/c1-19-7-2-3-8-23(19)37-16-6-15-36-21-11-9-20(10-12-21)17-22-26(29)33-28(30-27(22)35)38-24(31-33)18-25(34)32-13-4-5-14-32/h2-3,7-12,17,29H,4-6,13-16,18H2,1H3/b22-17-,29-26?. The number of hydrazone groups is 1. The van der Waals surface area contributed by atoms with Crippen molar-refractivity contribution in [3.63, 3.8) is 0 Å². The number of carbonyl (C=O) groups excluding carboxylic acids is 2. The van der Waals surface area contributed by atoms with E-state index in [-0.39, 0.29) is 23.7 Å². The van der Waals surface area contributed by atoms with E-state index in [2.05, 4.69) is 10.1 Å². The summed E-state index contributed by atoms with van der Waals surface area (Å²) in [6.45, 7) is 4.64. The predicted molar refractivity (Wildman–Crippen MR) is 149 cm³/mol. The topological polar surface area (TPSA) is 108 Å². The van der Waals surface area contributed by atoms with Crippen LogP contribution >= 0.6 is 11.8 Å². The van der Waals surface area contributed by atoms with E-state index < -0.39 is 5.91 Å². The first-order valence-electron chi connectivity index (χ1n) is 12.7. The average molecular weight is 532 g/mol. The maximum atomic E-state index is 12.7. The highest BCUT2D eigenvalue weighted by molar-refractivity contribution is 8.27. The zero-order valence-electron chi connectivity index (χ0n) is 21.2. The van der Waals surface area contributed by atoms with Crippen LogP contribution in [-0.4, -0.2) is 64.1 Å². The van der Waals surface area contributed by atoms with E-state index in [9.17, 15) is 9.59 Å². The molecule has 0 bridgehead atoms. The van der Waals surface area contributed by atoms with Crippen LogP contribution in [0.1, 0.15) is 36.8 Å². The van der Waals surface area contributed by atoms with Gasteiger partial charge in [-0.15, -0.1) is 0 Å². The number of aliphatic imine (C=N–C) groups is 1. The smallest absolute Gasteiger partial charge is 0.283 e. The number of likely N-dealkylation sites (tertiary alicyclic amines) is 1. The summed E-state index contributed by atoms with van der Waals surface area (Å²) in [6.07, 6.45) is 4.56. The van der Waals surface area contributed by atoms with Crippen molar-refractivity contribution in [1.82, 2.24) is 9.91 Å². The Morgan fingerprint density at radius 2 is 1.82 bits per heavy atom. The van der Waals surface area contributed by atoms with Crippen LogP contribution < -0.4 is 9.47 Å². The fraction of sp³-hybridized carbons (Fsp3) is 0.321. The number of aryl methyl sites for hydroxylation is 1. The number of nitrogens with one attached hydrogen (secondary N) is 1. The minimum Gasteiger partial charge on any atom is -0.493 e. The fourth-order valence-corrected chi connectivity index (χ4v) is 5.16. The summed E-state index contributed by atoms with van der Waals surface area (Å²) in [5.74, 6) is 1.06. The number of hydrogen-bond donors (Lipinski definition) is 1. The second-order valence-corrected chi connectivity index (χ2v) is 10.2. The molecule has 0 aromatic heterocycles. The molecule has 2 aromatic rings. The van der Waals surface area contributed by atoms with Crippen molar-refractivity contribution in [2.75, 3.05) is 26.3 Å². The van der Waals surface area contributed by atoms with Crippen molar-refractivity contribution in [1.29, 1.82) is 5.41 Å². The highest BCUT2D eigenvalue weighted by atomic mass is 32.2. The summed E-state index contributed by atoms with van der Waals surface area (Å²) in [5, 5.41) is 15.1. The SMILES string of the molecule is Cc1ccccc1OCCCOc1ccc(/C=C2/C(=N)N3N=C(CC(=O)N4CCCC4)SC3=NC2=O)cc1. The number of hydrogen-bond acceptors (Lipinski definition) is 7. The number of amides is 2. The van der Waals surface area contributed by atoms with Crippen LogP contribution in [0, 0.1) is 12.3 Å². The number of nitrogens with zero attached hydrogens (tertiary/aromatic N) is 4. The molecule has 3 aliphatic rings. The normalized spacial score (nSPS) is 18.0. The van der Waals surface area contributed by atoms with Gasteiger partial charge in [0.05, 0.1) is 25.2 Å². The zero-order valence-corrected chi connectivity index (χ0v) is 22.0. The molecular formula is C28H29N5O4S. The summed E-state index contributed by atoms with van der Waals surface area (Å²) in [4.78, 5) is 31.1. The van der Waals surface area contributed by atoms with E-state index in [1.807, 2.05) is 60.4 Å². The van der Waals surface area contributed by atoms with Crippen LogP contribution in [0.2, 0.25) is 0 Å². The molecule has 0 radical (unpaired) electrons. The summed E-state index contributed by atoms with van der Waals surface area (Å²) >= 11 is 1.17. The van der Waals surface area contributed by atoms with Gasteiger partial charge in [0.2, 0.25) is 11.1 Å². The van der Waals surface area contributed by atoms with E-state index in [4.69, 9.17) is 14.9 Å². The van der Waals surface area contributed by atoms with Crippen LogP contribution in [0.25, 0.3) is 6.08 Å². The molecule has 9 nitrogen and oxygen atoms in total. The average Bonchev–Trinajstić information content (AvgIpc) is 3.59. The molecule has 3 heterocycles. The number of rotatable bonds is 9. The molecule has 1 fully saturated rings. The lowest BCUT2D eigenvalue weighted by molar-refractivity contribution is -0.128. The maximum absolute atomic E-state index is 12.7. The Hall–Kier alpha value is -3.92. The van der Waals surface area contributed by atoms with Crippen LogP contribution in [0.3, 0.4) is 0 Å². The first kappa shape index (κ1) is 25.7. The van der Waals surface area contributed by atoms with E-state index in [0.717, 1.165) is 49.2 Å². The largest absolute Gasteiger partial charge is 0.493 e. The van der Waals surface area contributed by atoms with Gasteiger partial charge in [-0.3, -0.25) is 15.0 Å². The molecule has 3 aliphatic heterocycles. The fourth-order valence-electron chi connectivity index (χ4n) is 4.29. The van der Waals surface area contributed by atoms with Gasteiger partial charge in [-0.25, -0.2) is 0 Å². The molecule has 2 amide bonds. The van der Waals surface area contributed by atoms with E-state index in [0.29, 0.717) is 29.2 Å².